The highest BCUT2D eigenvalue weighted by molar-refractivity contribution is 6.31. The fraction of sp³-hybridized carbons (Fsp3) is 0.138. The Morgan fingerprint density at radius 3 is 2.51 bits per heavy atom. The summed E-state index contributed by atoms with van der Waals surface area (Å²) in [7, 11) is 1.17. The Bertz CT molecular complexity index is 1580. The lowest BCUT2D eigenvalue weighted by Gasteiger charge is -2.19. The van der Waals surface area contributed by atoms with E-state index >= 15 is 0 Å². The van der Waals surface area contributed by atoms with Crippen LogP contribution in [0, 0.1) is 5.41 Å². The predicted octanol–water partition coefficient (Wildman–Crippen LogP) is 3.46. The molecule has 39 heavy (non-hydrogen) atoms. The van der Waals surface area contributed by atoms with Gasteiger partial charge in [-0.2, -0.15) is 0 Å². The van der Waals surface area contributed by atoms with Gasteiger partial charge in [0.2, 0.25) is 0 Å². The number of carbonyl (C=O) groups is 2. The highest BCUT2D eigenvalue weighted by atomic mass is 35.5. The van der Waals surface area contributed by atoms with Crippen LogP contribution in [-0.4, -0.2) is 40.3 Å². The molecule has 0 fully saturated rings. The maximum absolute atomic E-state index is 13.1. The Labute approximate surface area is 229 Å². The second-order valence-corrected chi connectivity index (χ2v) is 9.25. The highest BCUT2D eigenvalue weighted by Crippen LogP contribution is 2.20. The first kappa shape index (κ1) is 27.3. The number of pyridine rings is 2. The second-order valence-electron chi connectivity index (χ2n) is 8.82. The number of ether oxygens (including phenoxy) is 1. The quantitative estimate of drug-likeness (QED) is 0.168. The fourth-order valence-corrected chi connectivity index (χ4v) is 4.17. The van der Waals surface area contributed by atoms with E-state index in [1.165, 1.54) is 31.5 Å². The molecule has 4 aromatic rings. The normalized spacial score (nSPS) is 11.4. The Morgan fingerprint density at radius 2 is 1.79 bits per heavy atom. The molecule has 0 aliphatic rings. The van der Waals surface area contributed by atoms with Crippen LogP contribution in [0.3, 0.4) is 0 Å². The van der Waals surface area contributed by atoms with Crippen molar-refractivity contribution in [3.8, 4) is 0 Å². The van der Waals surface area contributed by atoms with Gasteiger partial charge in [0.1, 0.15) is 0 Å². The number of esters is 1. The molecule has 0 saturated heterocycles. The fourth-order valence-electron chi connectivity index (χ4n) is 3.99. The van der Waals surface area contributed by atoms with Crippen LogP contribution in [0.4, 0.5) is 5.69 Å². The summed E-state index contributed by atoms with van der Waals surface area (Å²) in [6.07, 6.45) is 5.29. The maximum Gasteiger partial charge on any atom is 0.334 e. The van der Waals surface area contributed by atoms with Crippen molar-refractivity contribution in [1.82, 2.24) is 14.9 Å². The molecule has 2 heterocycles. The summed E-state index contributed by atoms with van der Waals surface area (Å²) in [4.78, 5) is 41.7. The second kappa shape index (κ2) is 12.2. The number of rotatable bonds is 9. The van der Waals surface area contributed by atoms with Gasteiger partial charge in [-0.05, 0) is 53.4 Å². The van der Waals surface area contributed by atoms with Gasteiger partial charge in [-0.3, -0.25) is 14.6 Å². The monoisotopic (exact) mass is 543 g/mol. The van der Waals surface area contributed by atoms with Gasteiger partial charge in [-0.15, -0.1) is 0 Å². The number of anilines is 1. The summed E-state index contributed by atoms with van der Waals surface area (Å²) < 4.78 is 6.44. The van der Waals surface area contributed by atoms with Gasteiger partial charge in [-0.25, -0.2) is 4.79 Å². The van der Waals surface area contributed by atoms with E-state index in [0.717, 1.165) is 16.7 Å². The zero-order chi connectivity index (χ0) is 27.9. The molecule has 0 bridgehead atoms. The molecule has 2 aromatic heterocycles. The van der Waals surface area contributed by atoms with Crippen molar-refractivity contribution in [2.24, 2.45) is 0 Å². The van der Waals surface area contributed by atoms with Gasteiger partial charge in [0.15, 0.2) is 6.04 Å². The van der Waals surface area contributed by atoms with Gasteiger partial charge in [0, 0.05) is 40.9 Å². The Morgan fingerprint density at radius 1 is 1.05 bits per heavy atom. The number of halogens is 1. The number of hydrogen-bond donors (Lipinski definition) is 3. The van der Waals surface area contributed by atoms with Gasteiger partial charge in [0.25, 0.3) is 11.5 Å². The number of nitrogen functional groups attached to an aromatic ring is 1. The molecule has 1 amide bonds. The first-order valence-corrected chi connectivity index (χ1v) is 12.3. The Balaban J connectivity index is 1.47. The number of benzene rings is 2. The summed E-state index contributed by atoms with van der Waals surface area (Å²) in [6, 6.07) is 17.7. The maximum atomic E-state index is 13.1. The Hall–Kier alpha value is -4.76. The van der Waals surface area contributed by atoms with E-state index in [4.69, 9.17) is 27.5 Å². The molecule has 10 heteroatoms. The molecular weight excluding hydrogens is 518 g/mol. The van der Waals surface area contributed by atoms with E-state index in [1.54, 1.807) is 35.2 Å². The number of nitrogens with zero attached hydrogens (tertiary/aromatic N) is 2. The number of nitrogens with two attached hydrogens (primary N) is 1. The van der Waals surface area contributed by atoms with E-state index in [2.05, 4.69) is 10.3 Å². The first-order valence-electron chi connectivity index (χ1n) is 11.9. The molecule has 0 saturated carbocycles. The number of hydrogen-bond acceptors (Lipinski definition) is 7. The summed E-state index contributed by atoms with van der Waals surface area (Å²) in [6.45, 7) is 0.467. The molecular formula is C29H26ClN5O4. The van der Waals surface area contributed by atoms with Crippen molar-refractivity contribution in [2.75, 3.05) is 12.8 Å². The lowest BCUT2D eigenvalue weighted by atomic mass is 10.0. The Kier molecular flexibility index (Phi) is 8.53. The smallest absolute Gasteiger partial charge is 0.334 e. The molecule has 2 aromatic carbocycles. The number of nitrogens with one attached hydrogen (secondary N) is 2. The average Bonchev–Trinajstić information content (AvgIpc) is 2.94. The van der Waals surface area contributed by atoms with E-state index in [-0.39, 0.29) is 28.1 Å². The van der Waals surface area contributed by atoms with Crippen molar-refractivity contribution in [3.05, 3.63) is 129 Å². The molecule has 1 atom stereocenters. The molecule has 0 aliphatic heterocycles. The third kappa shape index (κ3) is 6.77. The standard InChI is InChI=1S/C29H26ClN5O4/c1-39-29(38)27(26(32)23-14-22(30)9-10-24(23)31)34-28(37)21-13-20(15-33-16-21)12-18-5-7-19(8-6-18)17-35-11-3-2-4-25(35)36/h2-11,13-16,27,32H,12,17,31H2,1H3,(H,34,37). The minimum absolute atomic E-state index is 0.0663. The van der Waals surface area contributed by atoms with E-state index in [9.17, 15) is 14.4 Å². The lowest BCUT2D eigenvalue weighted by Crippen LogP contribution is -2.47. The number of carbonyl (C=O) groups excluding carboxylic acids is 2. The van der Waals surface area contributed by atoms with Crippen LogP contribution < -0.4 is 16.6 Å². The van der Waals surface area contributed by atoms with E-state index in [0.29, 0.717) is 18.0 Å². The summed E-state index contributed by atoms with van der Waals surface area (Å²) in [5.74, 6) is -1.43. The van der Waals surface area contributed by atoms with E-state index < -0.39 is 17.9 Å². The third-order valence-electron chi connectivity index (χ3n) is 6.05. The third-order valence-corrected chi connectivity index (χ3v) is 6.28. The van der Waals surface area contributed by atoms with Gasteiger partial charge in [0.05, 0.1) is 24.9 Å². The summed E-state index contributed by atoms with van der Waals surface area (Å²) in [5, 5.41) is 11.4. The molecule has 198 valence electrons. The highest BCUT2D eigenvalue weighted by Gasteiger charge is 2.29. The zero-order valence-electron chi connectivity index (χ0n) is 21.1. The van der Waals surface area contributed by atoms with Crippen LogP contribution in [0.5, 0.6) is 0 Å². The molecule has 0 spiro atoms. The molecule has 0 radical (unpaired) electrons. The van der Waals surface area contributed by atoms with Crippen molar-refractivity contribution < 1.29 is 14.3 Å². The molecule has 0 aliphatic carbocycles. The van der Waals surface area contributed by atoms with Crippen LogP contribution in [0.2, 0.25) is 5.02 Å². The largest absolute Gasteiger partial charge is 0.467 e. The SMILES string of the molecule is COC(=O)C(NC(=O)c1cncc(Cc2ccc(Cn3ccccc3=O)cc2)c1)C(=N)c1cc(Cl)ccc1N. The van der Waals surface area contributed by atoms with Crippen molar-refractivity contribution in [2.45, 2.75) is 19.0 Å². The van der Waals surface area contributed by atoms with Crippen molar-refractivity contribution >= 4 is 34.9 Å². The van der Waals surface area contributed by atoms with Crippen LogP contribution >= 0.6 is 11.6 Å². The molecule has 9 nitrogen and oxygen atoms in total. The number of methoxy groups -OCH3 is 1. The minimum Gasteiger partial charge on any atom is -0.467 e. The molecule has 1 unspecified atom stereocenters. The summed E-state index contributed by atoms with van der Waals surface area (Å²) in [5.41, 5.74) is 9.06. The molecule has 4 rings (SSSR count). The average molecular weight is 544 g/mol. The van der Waals surface area contributed by atoms with Crippen LogP contribution in [0.1, 0.15) is 32.6 Å². The topological polar surface area (TPSA) is 140 Å². The first-order chi connectivity index (χ1) is 18.7. The van der Waals surface area contributed by atoms with Crippen molar-refractivity contribution in [3.63, 3.8) is 0 Å². The van der Waals surface area contributed by atoms with Crippen LogP contribution in [0.15, 0.2) is 90.1 Å². The van der Waals surface area contributed by atoms with Crippen molar-refractivity contribution in [1.29, 1.82) is 5.41 Å². The minimum atomic E-state index is -1.41. The van der Waals surface area contributed by atoms with Gasteiger partial charge in [-0.1, -0.05) is 41.9 Å². The number of amides is 1. The predicted molar refractivity (Wildman–Crippen MR) is 149 cm³/mol. The van der Waals surface area contributed by atoms with Crippen LogP contribution in [-0.2, 0) is 22.5 Å². The zero-order valence-corrected chi connectivity index (χ0v) is 21.8. The van der Waals surface area contributed by atoms with E-state index in [1.807, 2.05) is 30.3 Å². The van der Waals surface area contributed by atoms with Crippen LogP contribution in [0.25, 0.3) is 0 Å². The molecule has 4 N–H and O–H groups in total. The number of aromatic nitrogens is 2. The summed E-state index contributed by atoms with van der Waals surface area (Å²) >= 11 is 6.04. The lowest BCUT2D eigenvalue weighted by molar-refractivity contribution is -0.141. The van der Waals surface area contributed by atoms with Gasteiger partial charge >= 0.3 is 5.97 Å². The van der Waals surface area contributed by atoms with Gasteiger partial charge < -0.3 is 25.8 Å².